The van der Waals surface area contributed by atoms with Crippen molar-refractivity contribution in [2.75, 3.05) is 13.1 Å². The Hall–Kier alpha value is -0.870. The average Bonchev–Trinajstić information content (AvgIpc) is 2.34. The van der Waals surface area contributed by atoms with Crippen LogP contribution in [-0.2, 0) is 4.79 Å². The van der Waals surface area contributed by atoms with E-state index in [1.807, 2.05) is 32.0 Å². The minimum Gasteiger partial charge on any atom is -0.355 e. The van der Waals surface area contributed by atoms with Crippen LogP contribution in [0.1, 0.15) is 32.4 Å². The lowest BCUT2D eigenvalue weighted by Gasteiger charge is -2.16. The quantitative estimate of drug-likeness (QED) is 0.793. The van der Waals surface area contributed by atoms with Gasteiger partial charge in [0.25, 0.3) is 0 Å². The third-order valence-corrected chi connectivity index (χ3v) is 3.49. The summed E-state index contributed by atoms with van der Waals surface area (Å²) in [4.78, 5) is 11.4. The monoisotopic (exact) mass is 312 g/mol. The summed E-state index contributed by atoms with van der Waals surface area (Å²) in [5.41, 5.74) is 1.23. The average molecular weight is 313 g/mol. The Morgan fingerprint density at radius 2 is 1.89 bits per heavy atom. The van der Waals surface area contributed by atoms with Gasteiger partial charge < -0.3 is 10.6 Å². The number of benzene rings is 1. The number of hydrogen-bond donors (Lipinski definition) is 2. The molecule has 0 saturated heterocycles. The van der Waals surface area contributed by atoms with E-state index in [1.54, 1.807) is 0 Å². The zero-order valence-corrected chi connectivity index (χ0v) is 12.8. The molecule has 0 heterocycles. The van der Waals surface area contributed by atoms with E-state index in [2.05, 4.69) is 39.6 Å². The highest BCUT2D eigenvalue weighted by molar-refractivity contribution is 9.10. The molecule has 0 aliphatic rings. The number of carbonyl (C=O) groups is 1. The van der Waals surface area contributed by atoms with Gasteiger partial charge in [0.1, 0.15) is 0 Å². The van der Waals surface area contributed by atoms with Crippen molar-refractivity contribution in [2.45, 2.75) is 26.8 Å². The molecule has 1 aromatic rings. The van der Waals surface area contributed by atoms with Crippen LogP contribution in [-0.4, -0.2) is 19.0 Å². The van der Waals surface area contributed by atoms with Crippen molar-refractivity contribution >= 4 is 21.8 Å². The predicted octanol–water partition coefficient (Wildman–Crippen LogP) is 2.87. The summed E-state index contributed by atoms with van der Waals surface area (Å²) < 4.78 is 1.11. The Morgan fingerprint density at radius 3 is 2.50 bits per heavy atom. The van der Waals surface area contributed by atoms with Crippen molar-refractivity contribution in [3.05, 3.63) is 34.3 Å². The third-order valence-electron chi connectivity index (χ3n) is 2.77. The fourth-order valence-electron chi connectivity index (χ4n) is 1.61. The Kier molecular flexibility index (Phi) is 6.36. The highest BCUT2D eigenvalue weighted by Gasteiger charge is 2.08. The molecule has 2 N–H and O–H groups in total. The van der Waals surface area contributed by atoms with Crippen LogP contribution in [0.2, 0.25) is 0 Å². The molecule has 0 aliphatic carbocycles. The molecule has 0 saturated carbocycles. The van der Waals surface area contributed by atoms with Crippen molar-refractivity contribution < 1.29 is 4.79 Å². The summed E-state index contributed by atoms with van der Waals surface area (Å²) in [5, 5.41) is 6.28. The Morgan fingerprint density at radius 1 is 1.22 bits per heavy atom. The lowest BCUT2D eigenvalue weighted by Crippen LogP contribution is -2.35. The zero-order chi connectivity index (χ0) is 13.5. The Labute approximate surface area is 117 Å². The normalized spacial score (nSPS) is 12.5. The molecule has 0 aromatic heterocycles. The van der Waals surface area contributed by atoms with Gasteiger partial charge in [0.15, 0.2) is 0 Å². The van der Waals surface area contributed by atoms with Gasteiger partial charge in [-0.1, -0.05) is 48.0 Å². The van der Waals surface area contributed by atoms with Gasteiger partial charge in [0.05, 0.1) is 0 Å². The largest absolute Gasteiger partial charge is 0.355 e. The van der Waals surface area contributed by atoms with Gasteiger partial charge in [-0.15, -0.1) is 0 Å². The first kappa shape index (κ1) is 15.2. The number of rotatable bonds is 6. The summed E-state index contributed by atoms with van der Waals surface area (Å²) in [6.07, 6.45) is 0. The van der Waals surface area contributed by atoms with Crippen molar-refractivity contribution in [1.82, 2.24) is 10.6 Å². The maximum absolute atomic E-state index is 11.4. The minimum atomic E-state index is 0.0469. The van der Waals surface area contributed by atoms with Gasteiger partial charge in [-0.2, -0.15) is 0 Å². The lowest BCUT2D eigenvalue weighted by molar-refractivity contribution is -0.123. The molecule has 4 heteroatoms. The summed E-state index contributed by atoms with van der Waals surface area (Å²) in [6.45, 7) is 7.33. The second kappa shape index (κ2) is 7.54. The molecule has 1 unspecified atom stereocenters. The second-order valence-electron chi connectivity index (χ2n) is 4.64. The Balaban J connectivity index is 2.32. The van der Waals surface area contributed by atoms with E-state index in [0.717, 1.165) is 11.0 Å². The van der Waals surface area contributed by atoms with E-state index in [-0.39, 0.29) is 17.9 Å². The van der Waals surface area contributed by atoms with E-state index in [9.17, 15) is 4.79 Å². The van der Waals surface area contributed by atoms with Crippen LogP contribution in [0.15, 0.2) is 28.7 Å². The molecular formula is C14H21BrN2O. The summed E-state index contributed by atoms with van der Waals surface area (Å²) in [7, 11) is 0. The van der Waals surface area contributed by atoms with Gasteiger partial charge in [-0.05, 0) is 18.6 Å². The van der Waals surface area contributed by atoms with Crippen LogP contribution in [0, 0.1) is 5.92 Å². The molecule has 0 spiro atoms. The molecule has 1 amide bonds. The number of amides is 1. The van der Waals surface area contributed by atoms with E-state index in [0.29, 0.717) is 6.54 Å². The van der Waals surface area contributed by atoms with Crippen LogP contribution in [0.5, 0.6) is 0 Å². The molecule has 1 rings (SSSR count). The molecule has 0 fully saturated rings. The van der Waals surface area contributed by atoms with Crippen LogP contribution >= 0.6 is 15.9 Å². The summed E-state index contributed by atoms with van der Waals surface area (Å²) in [6, 6.07) is 8.42. The molecule has 1 atom stereocenters. The summed E-state index contributed by atoms with van der Waals surface area (Å²) in [5.74, 6) is 0.149. The van der Waals surface area contributed by atoms with Crippen LogP contribution in [0.3, 0.4) is 0 Å². The van der Waals surface area contributed by atoms with Crippen molar-refractivity contribution in [1.29, 1.82) is 0 Å². The fourth-order valence-corrected chi connectivity index (χ4v) is 2.24. The highest BCUT2D eigenvalue weighted by Crippen LogP contribution is 2.22. The first-order valence-electron chi connectivity index (χ1n) is 6.28. The van der Waals surface area contributed by atoms with E-state index >= 15 is 0 Å². The molecule has 1 aromatic carbocycles. The summed E-state index contributed by atoms with van der Waals surface area (Å²) >= 11 is 3.54. The van der Waals surface area contributed by atoms with E-state index in [4.69, 9.17) is 0 Å². The van der Waals surface area contributed by atoms with Crippen LogP contribution in [0.25, 0.3) is 0 Å². The number of halogens is 1. The SMILES string of the molecule is CC(C)C(=O)NCCNC(C)c1ccccc1Br. The van der Waals surface area contributed by atoms with Gasteiger partial charge in [-0.3, -0.25) is 4.79 Å². The van der Waals surface area contributed by atoms with Crippen LogP contribution in [0.4, 0.5) is 0 Å². The van der Waals surface area contributed by atoms with Crippen LogP contribution < -0.4 is 10.6 Å². The second-order valence-corrected chi connectivity index (χ2v) is 5.50. The van der Waals surface area contributed by atoms with Gasteiger partial charge >= 0.3 is 0 Å². The number of carbonyl (C=O) groups excluding carboxylic acids is 1. The molecule has 3 nitrogen and oxygen atoms in total. The molecule has 100 valence electrons. The minimum absolute atomic E-state index is 0.0469. The van der Waals surface area contributed by atoms with Gasteiger partial charge in [0, 0.05) is 29.5 Å². The molecular weight excluding hydrogens is 292 g/mol. The lowest BCUT2D eigenvalue weighted by atomic mass is 10.1. The first-order valence-corrected chi connectivity index (χ1v) is 7.07. The fraction of sp³-hybridized carbons (Fsp3) is 0.500. The van der Waals surface area contributed by atoms with Gasteiger partial charge in [-0.25, -0.2) is 0 Å². The number of hydrogen-bond acceptors (Lipinski definition) is 2. The number of nitrogens with one attached hydrogen (secondary N) is 2. The maximum Gasteiger partial charge on any atom is 0.222 e. The molecule has 0 aliphatic heterocycles. The predicted molar refractivity (Wildman–Crippen MR) is 78.4 cm³/mol. The highest BCUT2D eigenvalue weighted by atomic mass is 79.9. The van der Waals surface area contributed by atoms with Crippen molar-refractivity contribution in [2.24, 2.45) is 5.92 Å². The van der Waals surface area contributed by atoms with E-state index < -0.39 is 0 Å². The molecule has 0 radical (unpaired) electrons. The van der Waals surface area contributed by atoms with Gasteiger partial charge in [0.2, 0.25) is 5.91 Å². The maximum atomic E-state index is 11.4. The first-order chi connectivity index (χ1) is 8.52. The topological polar surface area (TPSA) is 41.1 Å². The Bertz CT molecular complexity index is 393. The third kappa shape index (κ3) is 4.78. The standard InChI is InChI=1S/C14H21BrN2O/c1-10(2)14(18)17-9-8-16-11(3)12-6-4-5-7-13(12)15/h4-7,10-11,16H,8-9H2,1-3H3,(H,17,18). The molecule has 18 heavy (non-hydrogen) atoms. The van der Waals surface area contributed by atoms with E-state index in [1.165, 1.54) is 5.56 Å². The van der Waals surface area contributed by atoms with Crippen molar-refractivity contribution in [3.8, 4) is 0 Å². The smallest absolute Gasteiger partial charge is 0.222 e. The van der Waals surface area contributed by atoms with Crippen molar-refractivity contribution in [3.63, 3.8) is 0 Å². The molecule has 0 bridgehead atoms. The zero-order valence-electron chi connectivity index (χ0n) is 11.2.